The second-order valence-electron chi connectivity index (χ2n) is 4.09. The van der Waals surface area contributed by atoms with Crippen molar-refractivity contribution in [2.75, 3.05) is 19.8 Å². The van der Waals surface area contributed by atoms with Crippen LogP contribution < -0.4 is 11.5 Å². The van der Waals surface area contributed by atoms with Gasteiger partial charge >= 0.3 is 0 Å². The van der Waals surface area contributed by atoms with E-state index in [9.17, 15) is 4.79 Å². The first kappa shape index (κ1) is 13.7. The van der Waals surface area contributed by atoms with Gasteiger partial charge in [-0.25, -0.2) is 0 Å². The number of carbonyl (C=O) groups excluding carboxylic acids is 1. The second kappa shape index (κ2) is 7.81. The first-order valence-corrected chi connectivity index (χ1v) is 6.01. The smallest absolute Gasteiger partial charge is 0.248 e. The van der Waals surface area contributed by atoms with Gasteiger partial charge in [0.25, 0.3) is 0 Å². The number of carbonyl (C=O) groups is 1. The Morgan fingerprint density at radius 2 is 1.71 bits per heavy atom. The number of rotatable bonds is 2. The van der Waals surface area contributed by atoms with Crippen molar-refractivity contribution in [2.24, 2.45) is 11.5 Å². The molecular weight excluding hydrogens is 214 g/mol. The largest absolute Gasteiger partial charge is 0.366 e. The number of likely N-dealkylation sites (tertiary alicyclic amines) is 1. The fourth-order valence-corrected chi connectivity index (χ4v) is 1.74. The minimum atomic E-state index is -0.379. The first-order chi connectivity index (χ1) is 8.24. The lowest BCUT2D eigenvalue weighted by atomic mass is 10.1. The summed E-state index contributed by atoms with van der Waals surface area (Å²) in [5.74, 6) is -0.379. The molecule has 0 aromatic heterocycles. The predicted molar refractivity (Wildman–Crippen MR) is 69.4 cm³/mol. The van der Waals surface area contributed by atoms with E-state index >= 15 is 0 Å². The molecule has 0 atom stereocenters. The number of primary amides is 1. The third kappa shape index (κ3) is 5.47. The van der Waals surface area contributed by atoms with Crippen molar-refractivity contribution >= 4 is 5.91 Å². The molecule has 0 aliphatic carbocycles. The van der Waals surface area contributed by atoms with Gasteiger partial charge in [0.15, 0.2) is 0 Å². The summed E-state index contributed by atoms with van der Waals surface area (Å²) in [5.41, 5.74) is 11.0. The van der Waals surface area contributed by atoms with Gasteiger partial charge in [0.2, 0.25) is 5.91 Å². The van der Waals surface area contributed by atoms with Crippen LogP contribution in [0.1, 0.15) is 29.6 Å². The Morgan fingerprint density at radius 1 is 1.12 bits per heavy atom. The number of hydrogen-bond donors (Lipinski definition) is 2. The van der Waals surface area contributed by atoms with Crippen molar-refractivity contribution in [1.82, 2.24) is 4.90 Å². The normalized spacial score (nSPS) is 15.8. The van der Waals surface area contributed by atoms with Crippen LogP contribution in [-0.2, 0) is 0 Å². The maximum absolute atomic E-state index is 10.4. The summed E-state index contributed by atoms with van der Waals surface area (Å²) in [4.78, 5) is 12.7. The summed E-state index contributed by atoms with van der Waals surface area (Å²) in [7, 11) is 0. The van der Waals surface area contributed by atoms with Crippen molar-refractivity contribution in [1.29, 1.82) is 0 Å². The highest BCUT2D eigenvalue weighted by molar-refractivity contribution is 5.92. The van der Waals surface area contributed by atoms with Crippen LogP contribution in [0, 0.1) is 0 Å². The van der Waals surface area contributed by atoms with Crippen LogP contribution in [0.25, 0.3) is 0 Å². The van der Waals surface area contributed by atoms with E-state index in [1.165, 1.54) is 32.4 Å². The molecule has 1 saturated heterocycles. The zero-order valence-corrected chi connectivity index (χ0v) is 10.1. The number of piperidine rings is 1. The lowest BCUT2D eigenvalue weighted by Gasteiger charge is -2.23. The molecule has 1 aromatic carbocycles. The van der Waals surface area contributed by atoms with Crippen molar-refractivity contribution < 1.29 is 4.79 Å². The molecule has 1 heterocycles. The molecule has 1 aliphatic heterocycles. The molecule has 4 heteroatoms. The summed E-state index contributed by atoms with van der Waals surface area (Å²) >= 11 is 0. The van der Waals surface area contributed by atoms with Gasteiger partial charge in [-0.3, -0.25) is 9.69 Å². The summed E-state index contributed by atoms with van der Waals surface area (Å²) in [6, 6.07) is 8.76. The van der Waals surface area contributed by atoms with E-state index in [0.717, 1.165) is 6.67 Å². The first-order valence-electron chi connectivity index (χ1n) is 6.01. The molecule has 0 bridgehead atoms. The lowest BCUT2D eigenvalue weighted by Crippen LogP contribution is -2.34. The van der Waals surface area contributed by atoms with Gasteiger partial charge in [-0.2, -0.15) is 0 Å². The molecule has 1 aliphatic rings. The van der Waals surface area contributed by atoms with Gasteiger partial charge in [0.1, 0.15) is 0 Å². The van der Waals surface area contributed by atoms with Crippen LogP contribution in [-0.4, -0.2) is 30.6 Å². The highest BCUT2D eigenvalue weighted by Gasteiger charge is 2.05. The van der Waals surface area contributed by atoms with Crippen molar-refractivity contribution in [3.05, 3.63) is 35.9 Å². The number of hydrogen-bond acceptors (Lipinski definition) is 3. The molecule has 1 fully saturated rings. The molecular formula is C13H21N3O. The summed E-state index contributed by atoms with van der Waals surface area (Å²) in [5, 5.41) is 0. The predicted octanol–water partition coefficient (Wildman–Crippen LogP) is 1.17. The Balaban J connectivity index is 0.000000171. The molecule has 17 heavy (non-hydrogen) atoms. The van der Waals surface area contributed by atoms with E-state index in [0.29, 0.717) is 5.56 Å². The zero-order chi connectivity index (χ0) is 12.5. The summed E-state index contributed by atoms with van der Waals surface area (Å²) < 4.78 is 0. The van der Waals surface area contributed by atoms with E-state index in [2.05, 4.69) is 4.90 Å². The Morgan fingerprint density at radius 3 is 2.06 bits per heavy atom. The molecule has 4 N–H and O–H groups in total. The van der Waals surface area contributed by atoms with E-state index in [-0.39, 0.29) is 5.91 Å². The van der Waals surface area contributed by atoms with Crippen molar-refractivity contribution in [3.8, 4) is 0 Å². The number of nitrogens with two attached hydrogens (primary N) is 2. The Kier molecular flexibility index (Phi) is 6.29. The highest BCUT2D eigenvalue weighted by atomic mass is 16.1. The van der Waals surface area contributed by atoms with Gasteiger partial charge in [-0.1, -0.05) is 24.6 Å². The maximum Gasteiger partial charge on any atom is 0.248 e. The quantitative estimate of drug-likeness (QED) is 0.808. The van der Waals surface area contributed by atoms with Gasteiger partial charge < -0.3 is 11.5 Å². The third-order valence-electron chi connectivity index (χ3n) is 2.77. The fourth-order valence-electron chi connectivity index (χ4n) is 1.74. The monoisotopic (exact) mass is 235 g/mol. The van der Waals surface area contributed by atoms with Crippen molar-refractivity contribution in [3.63, 3.8) is 0 Å². The number of amides is 1. The lowest BCUT2D eigenvalue weighted by molar-refractivity contribution is 0.100. The minimum absolute atomic E-state index is 0.379. The zero-order valence-electron chi connectivity index (χ0n) is 10.1. The average Bonchev–Trinajstić information content (AvgIpc) is 2.41. The molecule has 0 unspecified atom stereocenters. The average molecular weight is 235 g/mol. The van der Waals surface area contributed by atoms with E-state index < -0.39 is 0 Å². The van der Waals surface area contributed by atoms with Gasteiger partial charge in [0, 0.05) is 12.2 Å². The van der Waals surface area contributed by atoms with Crippen LogP contribution in [0.4, 0.5) is 0 Å². The van der Waals surface area contributed by atoms with Crippen LogP contribution in [0.5, 0.6) is 0 Å². The fraction of sp³-hybridized carbons (Fsp3) is 0.462. The SMILES string of the molecule is NC(=O)c1ccccc1.NCN1CCCCC1. The van der Waals surface area contributed by atoms with Crippen LogP contribution >= 0.6 is 0 Å². The highest BCUT2D eigenvalue weighted by Crippen LogP contribution is 2.05. The maximum atomic E-state index is 10.4. The molecule has 4 nitrogen and oxygen atoms in total. The third-order valence-corrected chi connectivity index (χ3v) is 2.77. The van der Waals surface area contributed by atoms with Crippen LogP contribution in [0.15, 0.2) is 30.3 Å². The molecule has 0 radical (unpaired) electrons. The van der Waals surface area contributed by atoms with Crippen molar-refractivity contribution in [2.45, 2.75) is 19.3 Å². The van der Waals surface area contributed by atoms with Gasteiger partial charge in [0.05, 0.1) is 0 Å². The Labute approximate surface area is 103 Å². The van der Waals surface area contributed by atoms with E-state index in [1.807, 2.05) is 6.07 Å². The molecule has 1 amide bonds. The number of benzene rings is 1. The molecule has 94 valence electrons. The number of nitrogens with zero attached hydrogens (tertiary/aromatic N) is 1. The van der Waals surface area contributed by atoms with Gasteiger partial charge in [-0.15, -0.1) is 0 Å². The Hall–Kier alpha value is -1.39. The molecule has 2 rings (SSSR count). The molecule has 1 aromatic rings. The molecule has 0 spiro atoms. The van der Waals surface area contributed by atoms with Crippen LogP contribution in [0.2, 0.25) is 0 Å². The minimum Gasteiger partial charge on any atom is -0.366 e. The Bertz CT molecular complexity index is 321. The van der Waals surface area contributed by atoms with E-state index in [4.69, 9.17) is 11.5 Å². The topological polar surface area (TPSA) is 72.3 Å². The van der Waals surface area contributed by atoms with Crippen LogP contribution in [0.3, 0.4) is 0 Å². The summed E-state index contributed by atoms with van der Waals surface area (Å²) in [6.07, 6.45) is 4.09. The van der Waals surface area contributed by atoms with E-state index in [1.54, 1.807) is 24.3 Å². The van der Waals surface area contributed by atoms with Gasteiger partial charge in [-0.05, 0) is 38.1 Å². The summed E-state index contributed by atoms with van der Waals surface area (Å²) in [6.45, 7) is 3.19. The second-order valence-corrected chi connectivity index (χ2v) is 4.09. The standard InChI is InChI=1S/C7H7NO.C6H14N2/c8-7(9)6-4-2-1-3-5-6;7-6-8-4-2-1-3-5-8/h1-5H,(H2,8,9);1-7H2. The molecule has 0 saturated carbocycles.